The van der Waals surface area contributed by atoms with E-state index in [0.29, 0.717) is 6.10 Å². The predicted molar refractivity (Wildman–Crippen MR) is 62.4 cm³/mol. The number of ether oxygens (including phenoxy) is 2. The number of methoxy groups -OCH3 is 1. The monoisotopic (exact) mass is 208 g/mol. The second kappa shape index (κ2) is 5.76. The summed E-state index contributed by atoms with van der Waals surface area (Å²) < 4.78 is 10.8. The molecule has 0 aliphatic carbocycles. The molecule has 0 spiro atoms. The highest BCUT2D eigenvalue weighted by Gasteiger charge is 2.05. The summed E-state index contributed by atoms with van der Waals surface area (Å²) in [6, 6.07) is 8.13. The highest BCUT2D eigenvalue weighted by atomic mass is 16.5. The van der Waals surface area contributed by atoms with Gasteiger partial charge in [-0.1, -0.05) is 12.1 Å². The Hall–Kier alpha value is -1.02. The van der Waals surface area contributed by atoms with Gasteiger partial charge in [-0.05, 0) is 44.9 Å². The van der Waals surface area contributed by atoms with Crippen LogP contribution in [0, 0.1) is 0 Å². The Morgan fingerprint density at radius 3 is 2.13 bits per heavy atom. The molecule has 1 atom stereocenters. The Morgan fingerprint density at radius 2 is 1.67 bits per heavy atom. The van der Waals surface area contributed by atoms with E-state index in [1.807, 2.05) is 12.1 Å². The molecule has 15 heavy (non-hydrogen) atoms. The third kappa shape index (κ3) is 4.34. The van der Waals surface area contributed by atoms with Crippen molar-refractivity contribution in [1.29, 1.82) is 0 Å². The van der Waals surface area contributed by atoms with Gasteiger partial charge in [0.15, 0.2) is 0 Å². The lowest BCUT2D eigenvalue weighted by Gasteiger charge is -2.16. The quantitative estimate of drug-likeness (QED) is 0.740. The van der Waals surface area contributed by atoms with Crippen molar-refractivity contribution < 1.29 is 9.47 Å². The normalized spacial score (nSPS) is 12.9. The summed E-state index contributed by atoms with van der Waals surface area (Å²) in [5.74, 6) is 0.899. The lowest BCUT2D eigenvalue weighted by Crippen LogP contribution is -2.16. The van der Waals surface area contributed by atoms with E-state index < -0.39 is 0 Å². The van der Waals surface area contributed by atoms with Gasteiger partial charge >= 0.3 is 0 Å². The first-order valence-corrected chi connectivity index (χ1v) is 5.40. The van der Waals surface area contributed by atoms with Crippen molar-refractivity contribution in [2.24, 2.45) is 0 Å². The number of hydrogen-bond donors (Lipinski definition) is 0. The van der Waals surface area contributed by atoms with Crippen LogP contribution < -0.4 is 4.74 Å². The van der Waals surface area contributed by atoms with Crippen LogP contribution in [0.1, 0.15) is 26.3 Å². The van der Waals surface area contributed by atoms with E-state index in [2.05, 4.69) is 32.9 Å². The van der Waals surface area contributed by atoms with Gasteiger partial charge in [0.1, 0.15) is 5.75 Å². The van der Waals surface area contributed by atoms with E-state index >= 15 is 0 Å². The van der Waals surface area contributed by atoms with Crippen molar-refractivity contribution in [3.8, 4) is 5.75 Å². The van der Waals surface area contributed by atoms with Crippen LogP contribution in [0.2, 0.25) is 0 Å². The number of benzene rings is 1. The van der Waals surface area contributed by atoms with Crippen molar-refractivity contribution in [3.63, 3.8) is 0 Å². The molecule has 1 unspecified atom stereocenters. The topological polar surface area (TPSA) is 18.5 Å². The van der Waals surface area contributed by atoms with E-state index in [9.17, 15) is 0 Å². The maximum atomic E-state index is 5.68. The van der Waals surface area contributed by atoms with Crippen LogP contribution >= 0.6 is 0 Å². The van der Waals surface area contributed by atoms with E-state index in [4.69, 9.17) is 9.47 Å². The van der Waals surface area contributed by atoms with Crippen LogP contribution in [-0.4, -0.2) is 19.3 Å². The summed E-state index contributed by atoms with van der Waals surface area (Å²) in [4.78, 5) is 0. The lowest BCUT2D eigenvalue weighted by molar-refractivity contribution is 0.0195. The van der Waals surface area contributed by atoms with Crippen LogP contribution in [0.4, 0.5) is 0 Å². The van der Waals surface area contributed by atoms with Gasteiger partial charge in [0.25, 0.3) is 0 Å². The molecule has 0 aliphatic heterocycles. The molecule has 2 nitrogen and oxygen atoms in total. The van der Waals surface area contributed by atoms with Gasteiger partial charge in [-0.15, -0.1) is 0 Å². The summed E-state index contributed by atoms with van der Waals surface area (Å²) in [6.07, 6.45) is 1.50. The Bertz CT molecular complexity index is 277. The Balaban J connectivity index is 2.49. The first kappa shape index (κ1) is 12.1. The molecule has 1 aromatic carbocycles. The smallest absolute Gasteiger partial charge is 0.118 e. The molecule has 0 fully saturated rings. The third-order valence-corrected chi connectivity index (χ3v) is 2.19. The Labute approximate surface area is 92.2 Å². The molecule has 2 heteroatoms. The molecule has 0 saturated carbocycles. The molecular weight excluding hydrogens is 188 g/mol. The highest BCUT2D eigenvalue weighted by molar-refractivity contribution is 5.27. The van der Waals surface area contributed by atoms with Crippen molar-refractivity contribution in [3.05, 3.63) is 29.8 Å². The molecule has 0 radical (unpaired) electrons. The average Bonchev–Trinajstić information content (AvgIpc) is 2.17. The molecule has 1 rings (SSSR count). The summed E-state index contributed by atoms with van der Waals surface area (Å²) >= 11 is 0. The summed E-state index contributed by atoms with van der Waals surface area (Å²) in [7, 11) is 1.68. The second-order valence-electron chi connectivity index (χ2n) is 4.05. The summed E-state index contributed by atoms with van der Waals surface area (Å²) in [5, 5.41) is 0. The Kier molecular flexibility index (Phi) is 4.63. The van der Waals surface area contributed by atoms with Crippen molar-refractivity contribution >= 4 is 0 Å². The van der Waals surface area contributed by atoms with Gasteiger partial charge in [0, 0.05) is 0 Å². The van der Waals surface area contributed by atoms with Gasteiger partial charge in [-0.3, -0.25) is 0 Å². The van der Waals surface area contributed by atoms with Crippen LogP contribution in [0.25, 0.3) is 0 Å². The van der Waals surface area contributed by atoms with Crippen LogP contribution in [0.5, 0.6) is 5.75 Å². The van der Waals surface area contributed by atoms with Gasteiger partial charge in [-0.25, -0.2) is 0 Å². The van der Waals surface area contributed by atoms with Crippen molar-refractivity contribution in [1.82, 2.24) is 0 Å². The fourth-order valence-electron chi connectivity index (χ4n) is 1.61. The van der Waals surface area contributed by atoms with Gasteiger partial charge in [-0.2, -0.15) is 0 Å². The SMILES string of the molecule is COc1ccc(CC(C)OC(C)C)cc1. The molecule has 0 aromatic heterocycles. The second-order valence-corrected chi connectivity index (χ2v) is 4.05. The standard InChI is InChI=1S/C13H20O2/c1-10(2)15-11(3)9-12-5-7-13(14-4)8-6-12/h5-8,10-11H,9H2,1-4H3. The summed E-state index contributed by atoms with van der Waals surface area (Å²) in [5.41, 5.74) is 1.28. The first-order chi connectivity index (χ1) is 7.11. The van der Waals surface area contributed by atoms with Gasteiger partial charge < -0.3 is 9.47 Å². The predicted octanol–water partition coefficient (Wildman–Crippen LogP) is 3.05. The van der Waals surface area contributed by atoms with Crippen molar-refractivity contribution in [2.45, 2.75) is 39.4 Å². The molecule has 0 heterocycles. The fraction of sp³-hybridized carbons (Fsp3) is 0.538. The third-order valence-electron chi connectivity index (χ3n) is 2.19. The number of rotatable bonds is 5. The minimum atomic E-state index is 0.262. The van der Waals surface area contributed by atoms with E-state index in [1.165, 1.54) is 5.56 Å². The molecule has 1 aromatic rings. The minimum Gasteiger partial charge on any atom is -0.497 e. The van der Waals surface area contributed by atoms with E-state index in [1.54, 1.807) is 7.11 Å². The highest BCUT2D eigenvalue weighted by Crippen LogP contribution is 2.13. The van der Waals surface area contributed by atoms with Gasteiger partial charge in [0.2, 0.25) is 0 Å². The molecule has 0 N–H and O–H groups in total. The molecule has 0 saturated heterocycles. The van der Waals surface area contributed by atoms with E-state index in [0.717, 1.165) is 12.2 Å². The molecule has 0 amide bonds. The van der Waals surface area contributed by atoms with E-state index in [-0.39, 0.29) is 6.10 Å². The van der Waals surface area contributed by atoms with Crippen LogP contribution in [0.15, 0.2) is 24.3 Å². The maximum Gasteiger partial charge on any atom is 0.118 e. The largest absolute Gasteiger partial charge is 0.497 e. The lowest BCUT2D eigenvalue weighted by atomic mass is 10.1. The molecule has 0 bridgehead atoms. The molecule has 0 aliphatic rings. The minimum absolute atomic E-state index is 0.262. The zero-order valence-electron chi connectivity index (χ0n) is 9.99. The zero-order chi connectivity index (χ0) is 11.3. The summed E-state index contributed by atoms with van der Waals surface area (Å²) in [6.45, 7) is 6.22. The first-order valence-electron chi connectivity index (χ1n) is 5.40. The van der Waals surface area contributed by atoms with Crippen molar-refractivity contribution in [2.75, 3.05) is 7.11 Å². The van der Waals surface area contributed by atoms with Crippen LogP contribution in [0.3, 0.4) is 0 Å². The molecule has 84 valence electrons. The Morgan fingerprint density at radius 1 is 1.07 bits per heavy atom. The van der Waals surface area contributed by atoms with Gasteiger partial charge in [0.05, 0.1) is 19.3 Å². The molecular formula is C13H20O2. The average molecular weight is 208 g/mol. The number of hydrogen-bond acceptors (Lipinski definition) is 2. The maximum absolute atomic E-state index is 5.68. The zero-order valence-corrected chi connectivity index (χ0v) is 9.99. The van der Waals surface area contributed by atoms with Crippen LogP contribution in [-0.2, 0) is 11.2 Å². The fourth-order valence-corrected chi connectivity index (χ4v) is 1.61.